The zero-order valence-electron chi connectivity index (χ0n) is 38.5. The average Bonchev–Trinajstić information content (AvgIpc) is 3.92. The molecular formula is C56H54N2O10. The van der Waals surface area contributed by atoms with Gasteiger partial charge >= 0.3 is 11.9 Å². The molecule has 0 radical (unpaired) electrons. The molecule has 2 aromatic heterocycles. The second-order valence-electron chi connectivity index (χ2n) is 16.5. The third-order valence-corrected chi connectivity index (χ3v) is 11.0. The molecular weight excluding hydrogens is 861 g/mol. The first-order valence-electron chi connectivity index (χ1n) is 22.3. The molecule has 12 nitrogen and oxygen atoms in total. The smallest absolute Gasteiger partial charge is 0.348 e. The number of benzene rings is 6. The Bertz CT molecular complexity index is 2630. The molecule has 348 valence electrons. The Kier molecular flexibility index (Phi) is 15.7. The van der Waals surface area contributed by atoms with E-state index in [0.29, 0.717) is 60.8 Å². The molecule has 0 aliphatic carbocycles. The van der Waals surface area contributed by atoms with E-state index < -0.39 is 23.1 Å². The molecule has 2 N–H and O–H groups in total. The van der Waals surface area contributed by atoms with Gasteiger partial charge in [-0.25, -0.2) is 19.6 Å². The van der Waals surface area contributed by atoms with Gasteiger partial charge in [0, 0.05) is 36.8 Å². The van der Waals surface area contributed by atoms with E-state index in [9.17, 15) is 19.8 Å². The van der Waals surface area contributed by atoms with Gasteiger partial charge in [0.05, 0.1) is 24.6 Å². The van der Waals surface area contributed by atoms with Crippen molar-refractivity contribution in [3.05, 3.63) is 204 Å². The number of carbonyl (C=O) groups is 2. The molecule has 0 aliphatic heterocycles. The Morgan fingerprint density at radius 1 is 0.471 bits per heavy atom. The van der Waals surface area contributed by atoms with Crippen LogP contribution in [0.15, 0.2) is 179 Å². The third-order valence-electron chi connectivity index (χ3n) is 11.0. The minimum atomic E-state index is -1.38. The number of oxazole rings is 2. The maximum absolute atomic E-state index is 11.9. The van der Waals surface area contributed by atoms with Crippen LogP contribution in [-0.2, 0) is 35.3 Å². The Morgan fingerprint density at radius 3 is 1.12 bits per heavy atom. The minimum Gasteiger partial charge on any atom is -0.493 e. The summed E-state index contributed by atoms with van der Waals surface area (Å²) in [6, 6.07) is 52.3. The molecule has 2 unspecified atom stereocenters. The van der Waals surface area contributed by atoms with Crippen molar-refractivity contribution in [2.45, 2.75) is 64.6 Å². The fraction of sp³-hybridized carbons (Fsp3) is 0.214. The van der Waals surface area contributed by atoms with E-state index >= 15 is 0 Å². The lowest BCUT2D eigenvalue weighted by Gasteiger charge is -2.26. The van der Waals surface area contributed by atoms with Crippen LogP contribution in [0.4, 0.5) is 0 Å². The van der Waals surface area contributed by atoms with Gasteiger partial charge in [0.15, 0.2) is 0 Å². The van der Waals surface area contributed by atoms with E-state index in [1.165, 1.54) is 0 Å². The number of carboxylic acid groups (broad SMARTS) is 2. The molecule has 2 heterocycles. The molecule has 0 bridgehead atoms. The first kappa shape index (κ1) is 47.8. The Balaban J connectivity index is 0.000000201. The molecule has 6 aromatic carbocycles. The van der Waals surface area contributed by atoms with Crippen molar-refractivity contribution in [2.24, 2.45) is 0 Å². The molecule has 0 saturated carbocycles. The molecule has 0 saturated heterocycles. The van der Waals surface area contributed by atoms with Gasteiger partial charge in [0.25, 0.3) is 0 Å². The Hall–Kier alpha value is -8.12. The number of aliphatic carboxylic acids is 2. The number of aryl methyl sites for hydroxylation is 2. The van der Waals surface area contributed by atoms with E-state index in [1.54, 1.807) is 38.1 Å². The van der Waals surface area contributed by atoms with Crippen molar-refractivity contribution in [1.82, 2.24) is 9.97 Å². The molecule has 8 rings (SSSR count). The fourth-order valence-corrected chi connectivity index (χ4v) is 7.25. The molecule has 0 aliphatic rings. The van der Waals surface area contributed by atoms with Crippen LogP contribution in [0.5, 0.6) is 23.0 Å². The number of carboxylic acids is 2. The van der Waals surface area contributed by atoms with E-state index in [2.05, 4.69) is 9.97 Å². The first-order valence-corrected chi connectivity index (χ1v) is 22.3. The predicted molar refractivity (Wildman–Crippen MR) is 258 cm³/mol. The van der Waals surface area contributed by atoms with Gasteiger partial charge in [-0.05, 0) is 112 Å². The number of rotatable bonds is 20. The average molecular weight is 915 g/mol. The predicted octanol–water partition coefficient (Wildman–Crippen LogP) is 11.5. The summed E-state index contributed by atoms with van der Waals surface area (Å²) in [5, 5.41) is 19.5. The Morgan fingerprint density at radius 2 is 0.794 bits per heavy atom. The maximum atomic E-state index is 11.9. The Labute approximate surface area is 395 Å². The first-order chi connectivity index (χ1) is 32.9. The molecule has 0 fully saturated rings. The number of aromatic nitrogens is 2. The van der Waals surface area contributed by atoms with E-state index in [0.717, 1.165) is 45.2 Å². The van der Waals surface area contributed by atoms with Crippen molar-refractivity contribution in [2.75, 3.05) is 13.2 Å². The number of hydrogen-bond acceptors (Lipinski definition) is 10. The van der Waals surface area contributed by atoms with Crippen molar-refractivity contribution in [1.29, 1.82) is 0 Å². The zero-order chi connectivity index (χ0) is 47.9. The zero-order valence-corrected chi connectivity index (χ0v) is 38.5. The van der Waals surface area contributed by atoms with Gasteiger partial charge in [-0.3, -0.25) is 0 Å². The topological polar surface area (TPSA) is 164 Å². The molecule has 12 heteroatoms. The maximum Gasteiger partial charge on any atom is 0.348 e. The highest BCUT2D eigenvalue weighted by Gasteiger charge is 2.37. The van der Waals surface area contributed by atoms with Gasteiger partial charge < -0.3 is 38.0 Å². The van der Waals surface area contributed by atoms with Crippen LogP contribution in [-0.4, -0.2) is 56.5 Å². The lowest BCUT2D eigenvalue weighted by molar-refractivity contribution is -0.154. The van der Waals surface area contributed by atoms with Gasteiger partial charge in [-0.2, -0.15) is 0 Å². The van der Waals surface area contributed by atoms with Crippen molar-refractivity contribution >= 4 is 11.9 Å². The standard InChI is InChI=1S/2C28H27NO5/c2*1-20-25(29-26(33-20)22-9-5-3-6-10-22)17-18-32-23-15-13-21(14-16-23)19-28(2,27(30)31)34-24-11-7-4-8-12-24/h2*3-16H,17-19H2,1-2H3,(H,30,31). The van der Waals surface area contributed by atoms with Crippen molar-refractivity contribution in [3.63, 3.8) is 0 Å². The van der Waals surface area contributed by atoms with Gasteiger partial charge in [0.1, 0.15) is 34.5 Å². The fourth-order valence-electron chi connectivity index (χ4n) is 7.25. The lowest BCUT2D eigenvalue weighted by Crippen LogP contribution is -2.43. The van der Waals surface area contributed by atoms with E-state index in [-0.39, 0.29) is 12.8 Å². The van der Waals surface area contributed by atoms with Crippen LogP contribution in [0.2, 0.25) is 0 Å². The highest BCUT2D eigenvalue weighted by Crippen LogP contribution is 2.27. The second-order valence-corrected chi connectivity index (χ2v) is 16.5. The van der Waals surface area contributed by atoms with Crippen molar-refractivity contribution in [3.8, 4) is 45.9 Å². The normalized spacial score (nSPS) is 12.6. The molecule has 0 amide bonds. The largest absolute Gasteiger partial charge is 0.493 e. The number of para-hydroxylation sites is 2. The summed E-state index contributed by atoms with van der Waals surface area (Å²) in [7, 11) is 0. The van der Waals surface area contributed by atoms with E-state index in [1.807, 2.05) is 159 Å². The SMILES string of the molecule is Cc1oc(-c2ccccc2)nc1CCOc1ccc(CC(C)(Oc2ccccc2)C(=O)O)cc1.Cc1oc(-c2ccccc2)nc1CCOc1ccc(CC(C)(Oc2ccccc2)C(=O)O)cc1. The summed E-state index contributed by atoms with van der Waals surface area (Å²) in [4.78, 5) is 33.1. The highest BCUT2D eigenvalue weighted by molar-refractivity contribution is 5.78. The summed E-state index contributed by atoms with van der Waals surface area (Å²) in [5.74, 6) is 3.19. The number of ether oxygens (including phenoxy) is 4. The van der Waals surface area contributed by atoms with Crippen LogP contribution in [0, 0.1) is 13.8 Å². The lowest BCUT2D eigenvalue weighted by atomic mass is 9.96. The molecule has 8 aromatic rings. The molecule has 68 heavy (non-hydrogen) atoms. The van der Waals surface area contributed by atoms with Crippen molar-refractivity contribution < 1.29 is 47.6 Å². The van der Waals surface area contributed by atoms with Crippen LogP contribution in [0.3, 0.4) is 0 Å². The summed E-state index contributed by atoms with van der Waals surface area (Å²) < 4.78 is 35.0. The summed E-state index contributed by atoms with van der Waals surface area (Å²) in [6.07, 6.45) is 1.67. The summed E-state index contributed by atoms with van der Waals surface area (Å²) >= 11 is 0. The molecule has 0 spiro atoms. The van der Waals surface area contributed by atoms with Crippen LogP contribution < -0.4 is 18.9 Å². The monoisotopic (exact) mass is 914 g/mol. The highest BCUT2D eigenvalue weighted by atomic mass is 16.5. The van der Waals surface area contributed by atoms with Gasteiger partial charge in [-0.1, -0.05) is 97.1 Å². The number of hydrogen-bond donors (Lipinski definition) is 2. The summed E-state index contributed by atoms with van der Waals surface area (Å²) in [6.45, 7) is 7.87. The van der Waals surface area contributed by atoms with Crippen LogP contribution in [0.25, 0.3) is 22.9 Å². The number of nitrogens with zero attached hydrogens (tertiary/aromatic N) is 2. The van der Waals surface area contributed by atoms with Crippen LogP contribution in [0.1, 0.15) is 47.9 Å². The summed E-state index contributed by atoms with van der Waals surface area (Å²) in [5.41, 5.74) is 2.53. The van der Waals surface area contributed by atoms with E-state index in [4.69, 9.17) is 27.8 Å². The molecule has 2 atom stereocenters. The van der Waals surface area contributed by atoms with Gasteiger partial charge in [0.2, 0.25) is 23.0 Å². The quantitative estimate of drug-likeness (QED) is 0.0745. The van der Waals surface area contributed by atoms with Crippen LogP contribution >= 0.6 is 0 Å². The van der Waals surface area contributed by atoms with Gasteiger partial charge in [-0.15, -0.1) is 0 Å². The second kappa shape index (κ2) is 22.4. The third kappa shape index (κ3) is 13.0. The minimum absolute atomic E-state index is 0.220.